The molecule has 1 aliphatic carbocycles. The smallest absolute Gasteiger partial charge is 0.338 e. The Morgan fingerprint density at radius 2 is 2.04 bits per heavy atom. The Labute approximate surface area is 153 Å². The molecule has 1 unspecified atom stereocenters. The van der Waals surface area contributed by atoms with Crippen LogP contribution in [-0.2, 0) is 17.6 Å². The molecule has 0 radical (unpaired) electrons. The number of rotatable bonds is 4. The van der Waals surface area contributed by atoms with E-state index in [1.54, 1.807) is 14.0 Å². The molecule has 0 fully saturated rings. The second kappa shape index (κ2) is 7.09. The van der Waals surface area contributed by atoms with E-state index < -0.39 is 5.97 Å². The van der Waals surface area contributed by atoms with Gasteiger partial charge in [-0.3, -0.25) is 0 Å². The highest BCUT2D eigenvalue weighted by Crippen LogP contribution is 2.46. The zero-order chi connectivity index (χ0) is 18.1. The van der Waals surface area contributed by atoms with Gasteiger partial charge in [-0.2, -0.15) is 0 Å². The summed E-state index contributed by atoms with van der Waals surface area (Å²) >= 11 is 6.21. The maximum atomic E-state index is 12.2. The Hall–Kier alpha value is -2.00. The third kappa shape index (κ3) is 3.25. The van der Waals surface area contributed by atoms with Gasteiger partial charge in [0.1, 0.15) is 11.5 Å². The van der Waals surface area contributed by atoms with Gasteiger partial charge in [-0.25, -0.2) is 4.79 Å². The molecule has 0 aliphatic heterocycles. The van der Waals surface area contributed by atoms with Gasteiger partial charge < -0.3 is 9.47 Å². The molecule has 2 aromatic carbocycles. The van der Waals surface area contributed by atoms with Crippen LogP contribution in [-0.4, -0.2) is 13.1 Å². The Balaban J connectivity index is 2.30. The van der Waals surface area contributed by atoms with E-state index in [0.29, 0.717) is 22.3 Å². The number of hydrogen-bond donors (Lipinski definition) is 0. The fraction of sp³-hybridized carbons (Fsp3) is 0.381. The monoisotopic (exact) mass is 358 g/mol. The predicted octanol–water partition coefficient (Wildman–Crippen LogP) is 5.50. The van der Waals surface area contributed by atoms with Crippen molar-refractivity contribution in [3.8, 4) is 11.5 Å². The molecule has 25 heavy (non-hydrogen) atoms. The van der Waals surface area contributed by atoms with Crippen LogP contribution in [0.2, 0.25) is 5.02 Å². The summed E-state index contributed by atoms with van der Waals surface area (Å²) in [5, 5.41) is 2.37. The van der Waals surface area contributed by atoms with Crippen molar-refractivity contribution in [1.29, 1.82) is 0 Å². The van der Waals surface area contributed by atoms with Crippen molar-refractivity contribution >= 4 is 28.3 Å². The van der Waals surface area contributed by atoms with Gasteiger partial charge in [0.15, 0.2) is 0 Å². The normalized spacial score (nSPS) is 16.4. The second-order valence-electron chi connectivity index (χ2n) is 6.70. The first kappa shape index (κ1) is 17.8. The first-order valence-corrected chi connectivity index (χ1v) is 9.02. The summed E-state index contributed by atoms with van der Waals surface area (Å²) in [6.07, 6.45) is 4.02. The number of ether oxygens (including phenoxy) is 2. The van der Waals surface area contributed by atoms with Gasteiger partial charge in [0.25, 0.3) is 0 Å². The number of fused-ring (bicyclic) bond motifs is 2. The quantitative estimate of drug-likeness (QED) is 0.411. The maximum Gasteiger partial charge on any atom is 0.338 e. The fourth-order valence-electron chi connectivity index (χ4n) is 3.60. The number of hydrogen-bond acceptors (Lipinski definition) is 3. The van der Waals surface area contributed by atoms with Gasteiger partial charge in [0, 0.05) is 32.5 Å². The molecule has 1 aliphatic rings. The van der Waals surface area contributed by atoms with Gasteiger partial charge in [0.2, 0.25) is 0 Å². The van der Waals surface area contributed by atoms with E-state index in [-0.39, 0.29) is 0 Å². The lowest BCUT2D eigenvalue weighted by Crippen LogP contribution is -2.18. The van der Waals surface area contributed by atoms with Crippen molar-refractivity contribution in [3.63, 3.8) is 0 Å². The molecule has 0 N–H and O–H groups in total. The van der Waals surface area contributed by atoms with E-state index >= 15 is 0 Å². The van der Waals surface area contributed by atoms with Crippen LogP contribution in [0.3, 0.4) is 0 Å². The molecular weight excluding hydrogens is 336 g/mol. The molecule has 4 heteroatoms. The highest BCUT2D eigenvalue weighted by atomic mass is 35.5. The number of methoxy groups -OCH3 is 1. The highest BCUT2D eigenvalue weighted by molar-refractivity contribution is 6.31. The summed E-state index contributed by atoms with van der Waals surface area (Å²) in [5.74, 6) is 1.66. The average Bonchev–Trinajstić information content (AvgIpc) is 2.60. The summed E-state index contributed by atoms with van der Waals surface area (Å²) in [6.45, 7) is 7.56. The average molecular weight is 359 g/mol. The van der Waals surface area contributed by atoms with Crippen LogP contribution in [0.4, 0.5) is 0 Å². The summed E-state index contributed by atoms with van der Waals surface area (Å²) in [6, 6.07) is 5.59. The lowest BCUT2D eigenvalue weighted by Gasteiger charge is -2.28. The Morgan fingerprint density at radius 3 is 2.68 bits per heavy atom. The summed E-state index contributed by atoms with van der Waals surface area (Å²) in [7, 11) is 1.68. The Morgan fingerprint density at radius 1 is 1.28 bits per heavy atom. The number of halogens is 1. The zero-order valence-electron chi connectivity index (χ0n) is 14.9. The van der Waals surface area contributed by atoms with Crippen LogP contribution < -0.4 is 9.47 Å². The first-order valence-electron chi connectivity index (χ1n) is 8.64. The van der Waals surface area contributed by atoms with E-state index in [9.17, 15) is 4.79 Å². The van der Waals surface area contributed by atoms with Gasteiger partial charge in [-0.05, 0) is 50.3 Å². The molecular formula is C21H23ClO3. The Bertz CT molecular complexity index is 854. The van der Waals surface area contributed by atoms with Crippen molar-refractivity contribution in [2.75, 3.05) is 7.11 Å². The van der Waals surface area contributed by atoms with Gasteiger partial charge >= 0.3 is 5.97 Å². The van der Waals surface area contributed by atoms with Gasteiger partial charge in [-0.15, -0.1) is 0 Å². The SMILES string of the molecule is C=C(C)C(=O)Oc1c2c(c(OC)c3cc(Cl)ccc13)CCC(CC)C2. The molecule has 1 atom stereocenters. The third-order valence-corrected chi connectivity index (χ3v) is 5.24. The number of carbonyl (C=O) groups excluding carboxylic acids is 1. The van der Waals surface area contributed by atoms with Crippen molar-refractivity contribution in [1.82, 2.24) is 0 Å². The van der Waals surface area contributed by atoms with E-state index in [1.165, 1.54) is 0 Å². The minimum Gasteiger partial charge on any atom is -0.496 e. The van der Waals surface area contributed by atoms with E-state index in [1.807, 2.05) is 18.2 Å². The van der Waals surface area contributed by atoms with Crippen LogP contribution in [0.25, 0.3) is 10.8 Å². The Kier molecular flexibility index (Phi) is 5.05. The lowest BCUT2D eigenvalue weighted by molar-refractivity contribution is -0.130. The van der Waals surface area contributed by atoms with Crippen LogP contribution >= 0.6 is 11.6 Å². The third-order valence-electron chi connectivity index (χ3n) is 5.00. The minimum atomic E-state index is -0.401. The second-order valence-corrected chi connectivity index (χ2v) is 7.13. The van der Waals surface area contributed by atoms with Crippen LogP contribution in [0, 0.1) is 5.92 Å². The topological polar surface area (TPSA) is 35.5 Å². The molecule has 0 heterocycles. The fourth-order valence-corrected chi connectivity index (χ4v) is 3.77. The summed E-state index contributed by atoms with van der Waals surface area (Å²) in [5.41, 5.74) is 2.60. The first-order chi connectivity index (χ1) is 12.0. The molecule has 0 spiro atoms. The van der Waals surface area contributed by atoms with Crippen LogP contribution in [0.1, 0.15) is 37.8 Å². The molecule has 0 saturated carbocycles. The van der Waals surface area contributed by atoms with Crippen molar-refractivity contribution in [2.45, 2.75) is 39.5 Å². The molecule has 0 saturated heterocycles. The van der Waals surface area contributed by atoms with Gasteiger partial charge in [0.05, 0.1) is 7.11 Å². The zero-order valence-corrected chi connectivity index (χ0v) is 15.7. The van der Waals surface area contributed by atoms with E-state index in [2.05, 4.69) is 13.5 Å². The lowest BCUT2D eigenvalue weighted by atomic mass is 9.80. The molecule has 0 amide bonds. The van der Waals surface area contributed by atoms with E-state index in [0.717, 1.165) is 53.3 Å². The van der Waals surface area contributed by atoms with E-state index in [4.69, 9.17) is 21.1 Å². The number of carbonyl (C=O) groups is 1. The van der Waals surface area contributed by atoms with Crippen LogP contribution in [0.5, 0.6) is 11.5 Å². The molecule has 3 rings (SSSR count). The van der Waals surface area contributed by atoms with Crippen molar-refractivity contribution in [2.24, 2.45) is 5.92 Å². The minimum absolute atomic E-state index is 0.384. The van der Waals surface area contributed by atoms with Crippen molar-refractivity contribution in [3.05, 3.63) is 46.5 Å². The molecule has 0 bridgehead atoms. The van der Waals surface area contributed by atoms with Gasteiger partial charge in [-0.1, -0.05) is 31.5 Å². The summed E-state index contributed by atoms with van der Waals surface area (Å²) in [4.78, 5) is 12.2. The molecule has 3 nitrogen and oxygen atoms in total. The standard InChI is InChI=1S/C21H23ClO3/c1-5-13-6-8-15-17(10-13)20(25-21(23)12(2)3)16-9-7-14(22)11-18(16)19(15)24-4/h7,9,11,13H,2,5-6,8,10H2,1,3-4H3. The molecule has 2 aromatic rings. The predicted molar refractivity (Wildman–Crippen MR) is 102 cm³/mol. The van der Waals surface area contributed by atoms with Crippen molar-refractivity contribution < 1.29 is 14.3 Å². The largest absolute Gasteiger partial charge is 0.496 e. The molecule has 0 aromatic heterocycles. The van der Waals surface area contributed by atoms with Crippen LogP contribution in [0.15, 0.2) is 30.4 Å². The highest BCUT2D eigenvalue weighted by Gasteiger charge is 2.28. The molecule has 132 valence electrons. The summed E-state index contributed by atoms with van der Waals surface area (Å²) < 4.78 is 11.5. The number of esters is 1. The maximum absolute atomic E-state index is 12.2. The number of benzene rings is 2.